The normalized spacial score (nSPS) is 14.8. The van der Waals surface area contributed by atoms with E-state index in [4.69, 9.17) is 18.9 Å². The van der Waals surface area contributed by atoms with Crippen molar-refractivity contribution < 1.29 is 37.0 Å². The molecule has 1 amide bonds. The van der Waals surface area contributed by atoms with E-state index < -0.39 is 34.4 Å². The van der Waals surface area contributed by atoms with Crippen molar-refractivity contribution >= 4 is 27.6 Å². The van der Waals surface area contributed by atoms with Gasteiger partial charge in [-0.1, -0.05) is 0 Å². The van der Waals surface area contributed by atoms with Crippen LogP contribution in [0.2, 0.25) is 0 Å². The van der Waals surface area contributed by atoms with E-state index in [9.17, 15) is 18.0 Å². The van der Waals surface area contributed by atoms with Gasteiger partial charge in [0.25, 0.3) is 5.91 Å². The molecule has 1 N–H and O–H groups in total. The van der Waals surface area contributed by atoms with E-state index in [0.717, 1.165) is 0 Å². The van der Waals surface area contributed by atoms with Gasteiger partial charge in [-0.05, 0) is 49.2 Å². The summed E-state index contributed by atoms with van der Waals surface area (Å²) in [7, 11) is 0.836. The molecule has 1 aliphatic heterocycles. The van der Waals surface area contributed by atoms with Crippen LogP contribution in [0.3, 0.4) is 0 Å². The molecule has 2 aromatic rings. The molecule has 3 rings (SSSR count). The number of rotatable bonds is 9. The summed E-state index contributed by atoms with van der Waals surface area (Å²) in [6.45, 7) is -0.0739. The fourth-order valence-electron chi connectivity index (χ4n) is 3.59. The molecule has 34 heavy (non-hydrogen) atoms. The predicted molar refractivity (Wildman–Crippen MR) is 124 cm³/mol. The average Bonchev–Trinajstić information content (AvgIpc) is 2.87. The third kappa shape index (κ3) is 5.97. The fraction of sp³-hybridized carbons (Fsp3) is 0.391. The Morgan fingerprint density at radius 2 is 1.59 bits per heavy atom. The van der Waals surface area contributed by atoms with Gasteiger partial charge in [-0.3, -0.25) is 9.59 Å². The van der Waals surface area contributed by atoms with Crippen LogP contribution >= 0.6 is 0 Å². The topological polar surface area (TPSA) is 120 Å². The zero-order chi connectivity index (χ0) is 24.7. The van der Waals surface area contributed by atoms with Crippen LogP contribution in [0.1, 0.15) is 12.8 Å². The molecular formula is C23H28N2O8S. The molecule has 2 aromatic carbocycles. The quantitative estimate of drug-likeness (QED) is 0.530. The highest BCUT2D eigenvalue weighted by atomic mass is 32.2. The number of nitrogens with zero attached hydrogens (tertiary/aromatic N) is 1. The minimum Gasteiger partial charge on any atom is -0.497 e. The van der Waals surface area contributed by atoms with Crippen molar-refractivity contribution in [2.24, 2.45) is 5.92 Å². The first kappa shape index (κ1) is 25.3. The van der Waals surface area contributed by atoms with Crippen molar-refractivity contribution in [1.29, 1.82) is 0 Å². The lowest BCUT2D eigenvalue weighted by molar-refractivity contribution is -0.152. The van der Waals surface area contributed by atoms with Crippen LogP contribution in [0.25, 0.3) is 0 Å². The molecule has 0 radical (unpaired) electrons. The summed E-state index contributed by atoms with van der Waals surface area (Å²) in [5, 5.41) is 2.63. The molecule has 0 aromatic heterocycles. The molecule has 1 heterocycles. The Morgan fingerprint density at radius 3 is 2.18 bits per heavy atom. The minimum absolute atomic E-state index is 0.168. The molecule has 0 atom stereocenters. The second-order valence-corrected chi connectivity index (χ2v) is 9.52. The monoisotopic (exact) mass is 492 g/mol. The fourth-order valence-corrected chi connectivity index (χ4v) is 5.06. The van der Waals surface area contributed by atoms with Gasteiger partial charge in [-0.15, -0.1) is 0 Å². The van der Waals surface area contributed by atoms with Crippen molar-refractivity contribution in [3.05, 3.63) is 42.5 Å². The van der Waals surface area contributed by atoms with Crippen molar-refractivity contribution in [3.63, 3.8) is 0 Å². The van der Waals surface area contributed by atoms with E-state index in [-0.39, 0.29) is 18.0 Å². The van der Waals surface area contributed by atoms with Gasteiger partial charge in [0.2, 0.25) is 10.0 Å². The predicted octanol–water partition coefficient (Wildman–Crippen LogP) is 2.29. The molecule has 1 fully saturated rings. The first-order valence-electron chi connectivity index (χ1n) is 10.6. The van der Waals surface area contributed by atoms with Crippen molar-refractivity contribution in [1.82, 2.24) is 4.31 Å². The number of esters is 1. The van der Waals surface area contributed by atoms with Crippen LogP contribution in [0.4, 0.5) is 5.69 Å². The van der Waals surface area contributed by atoms with Gasteiger partial charge in [-0.2, -0.15) is 4.31 Å². The van der Waals surface area contributed by atoms with E-state index in [1.165, 1.54) is 37.8 Å². The number of benzene rings is 2. The first-order valence-corrected chi connectivity index (χ1v) is 12.0. The average molecular weight is 493 g/mol. The Kier molecular flexibility index (Phi) is 8.35. The zero-order valence-corrected chi connectivity index (χ0v) is 20.1. The van der Waals surface area contributed by atoms with Gasteiger partial charge >= 0.3 is 5.97 Å². The minimum atomic E-state index is -3.66. The number of sulfonamides is 1. The Morgan fingerprint density at radius 1 is 0.941 bits per heavy atom. The first-order chi connectivity index (χ1) is 16.3. The molecule has 184 valence electrons. The van der Waals surface area contributed by atoms with Gasteiger partial charge < -0.3 is 24.3 Å². The summed E-state index contributed by atoms with van der Waals surface area (Å²) in [6, 6.07) is 11.0. The molecule has 0 unspecified atom stereocenters. The summed E-state index contributed by atoms with van der Waals surface area (Å²) in [5.41, 5.74) is 0.468. The smallest absolute Gasteiger partial charge is 0.309 e. The molecule has 0 saturated carbocycles. The number of hydrogen-bond donors (Lipinski definition) is 1. The van der Waals surface area contributed by atoms with Gasteiger partial charge in [0.1, 0.15) is 5.75 Å². The largest absolute Gasteiger partial charge is 0.497 e. The maximum absolute atomic E-state index is 12.8. The van der Waals surface area contributed by atoms with Gasteiger partial charge in [0.15, 0.2) is 18.1 Å². The van der Waals surface area contributed by atoms with E-state index >= 15 is 0 Å². The summed E-state index contributed by atoms with van der Waals surface area (Å²) < 4.78 is 47.6. The lowest BCUT2D eigenvalue weighted by Gasteiger charge is -2.30. The Bertz CT molecular complexity index is 1110. The maximum atomic E-state index is 12.8. The number of piperidine rings is 1. The molecule has 10 nitrogen and oxygen atoms in total. The van der Waals surface area contributed by atoms with Crippen LogP contribution in [0, 0.1) is 5.92 Å². The molecular weight excluding hydrogens is 464 g/mol. The van der Waals surface area contributed by atoms with Crippen LogP contribution in [0.5, 0.6) is 17.2 Å². The second kappa shape index (κ2) is 11.2. The maximum Gasteiger partial charge on any atom is 0.309 e. The van der Waals surface area contributed by atoms with E-state index in [1.807, 2.05) is 0 Å². The van der Waals surface area contributed by atoms with Crippen LogP contribution in [-0.4, -0.2) is 65.6 Å². The SMILES string of the molecule is COc1ccc(S(=O)(=O)N2CCC(C(=O)OCC(=O)Nc3ccc(OC)c(OC)c3)CC2)cc1. The van der Waals surface area contributed by atoms with Gasteiger partial charge in [-0.25, -0.2) is 8.42 Å². The second-order valence-electron chi connectivity index (χ2n) is 7.58. The number of amides is 1. The lowest BCUT2D eigenvalue weighted by Crippen LogP contribution is -2.40. The third-order valence-corrected chi connectivity index (χ3v) is 7.41. The molecule has 1 saturated heterocycles. The highest BCUT2D eigenvalue weighted by Crippen LogP contribution is 2.30. The number of hydrogen-bond acceptors (Lipinski definition) is 8. The summed E-state index contributed by atoms with van der Waals surface area (Å²) >= 11 is 0. The molecule has 11 heteroatoms. The Balaban J connectivity index is 1.48. The van der Waals surface area contributed by atoms with E-state index in [0.29, 0.717) is 35.8 Å². The molecule has 1 aliphatic rings. The number of ether oxygens (including phenoxy) is 4. The number of carbonyl (C=O) groups excluding carboxylic acids is 2. The van der Waals surface area contributed by atoms with Crippen molar-refractivity contribution in [2.45, 2.75) is 17.7 Å². The zero-order valence-electron chi connectivity index (χ0n) is 19.3. The Labute approximate surface area is 198 Å². The third-order valence-electron chi connectivity index (χ3n) is 5.50. The standard InChI is InChI=1S/C23H28N2O8S/c1-30-18-5-7-19(8-6-18)34(28,29)25-12-10-16(11-13-25)23(27)33-15-22(26)24-17-4-9-20(31-2)21(14-17)32-3/h4-9,14,16H,10-13,15H2,1-3H3,(H,24,26). The van der Waals surface area contributed by atoms with E-state index in [1.54, 1.807) is 30.3 Å². The highest BCUT2D eigenvalue weighted by Gasteiger charge is 2.33. The summed E-state index contributed by atoms with van der Waals surface area (Å²) in [6.07, 6.45) is 0.622. The molecule has 0 aliphatic carbocycles. The van der Waals surface area contributed by atoms with Crippen molar-refractivity contribution in [2.75, 3.05) is 46.3 Å². The van der Waals surface area contributed by atoms with Gasteiger partial charge in [0.05, 0.1) is 32.1 Å². The highest BCUT2D eigenvalue weighted by molar-refractivity contribution is 7.89. The number of anilines is 1. The van der Waals surface area contributed by atoms with Crippen molar-refractivity contribution in [3.8, 4) is 17.2 Å². The molecule has 0 bridgehead atoms. The van der Waals surface area contributed by atoms with Gasteiger partial charge in [0, 0.05) is 24.8 Å². The molecule has 0 spiro atoms. The number of carbonyl (C=O) groups is 2. The Hall–Kier alpha value is -3.31. The van der Waals surface area contributed by atoms with Crippen LogP contribution in [0.15, 0.2) is 47.4 Å². The van der Waals surface area contributed by atoms with Crippen LogP contribution in [-0.2, 0) is 24.3 Å². The van der Waals surface area contributed by atoms with E-state index in [2.05, 4.69) is 5.32 Å². The lowest BCUT2D eigenvalue weighted by atomic mass is 9.98. The number of methoxy groups -OCH3 is 3. The summed E-state index contributed by atoms with van der Waals surface area (Å²) in [4.78, 5) is 24.8. The number of nitrogens with one attached hydrogen (secondary N) is 1. The summed E-state index contributed by atoms with van der Waals surface area (Å²) in [5.74, 6) is 0.0386. The van der Waals surface area contributed by atoms with Crippen LogP contribution < -0.4 is 19.5 Å².